The molecular formula is C17H26N2. The van der Waals surface area contributed by atoms with Crippen molar-refractivity contribution in [2.24, 2.45) is 0 Å². The number of benzene rings is 1. The third-order valence-electron chi connectivity index (χ3n) is 3.54. The van der Waals surface area contributed by atoms with Crippen molar-refractivity contribution in [1.82, 2.24) is 5.32 Å². The molecular weight excluding hydrogens is 232 g/mol. The first-order valence-electron chi connectivity index (χ1n) is 7.11. The van der Waals surface area contributed by atoms with Crippen molar-refractivity contribution in [2.75, 3.05) is 25.0 Å². The van der Waals surface area contributed by atoms with Crippen LogP contribution in [0.2, 0.25) is 0 Å². The second kappa shape index (κ2) is 5.38. The molecule has 1 aliphatic heterocycles. The van der Waals surface area contributed by atoms with Crippen molar-refractivity contribution in [2.45, 2.75) is 39.7 Å². The summed E-state index contributed by atoms with van der Waals surface area (Å²) in [5, 5.41) is 3.52. The van der Waals surface area contributed by atoms with Gasteiger partial charge < -0.3 is 10.2 Å². The van der Waals surface area contributed by atoms with Gasteiger partial charge in [0.05, 0.1) is 0 Å². The van der Waals surface area contributed by atoms with E-state index in [1.165, 1.54) is 28.8 Å². The summed E-state index contributed by atoms with van der Waals surface area (Å²) in [6, 6.07) is 6.80. The van der Waals surface area contributed by atoms with E-state index in [0.717, 1.165) is 13.1 Å². The predicted molar refractivity (Wildman–Crippen MR) is 84.8 cm³/mol. The Kier molecular flexibility index (Phi) is 4.00. The monoisotopic (exact) mass is 258 g/mol. The van der Waals surface area contributed by atoms with Crippen molar-refractivity contribution < 1.29 is 0 Å². The second-order valence-corrected chi connectivity index (χ2v) is 6.65. The number of anilines is 1. The van der Waals surface area contributed by atoms with Crippen molar-refractivity contribution in [1.29, 1.82) is 0 Å². The Morgan fingerprint density at radius 2 is 2.11 bits per heavy atom. The third-order valence-corrected chi connectivity index (χ3v) is 3.54. The first kappa shape index (κ1) is 14.1. The molecule has 0 fully saturated rings. The number of rotatable bonds is 3. The molecule has 1 aromatic carbocycles. The van der Waals surface area contributed by atoms with Crippen LogP contribution < -0.4 is 10.2 Å². The average Bonchev–Trinajstić information content (AvgIpc) is 2.67. The molecule has 0 aromatic heterocycles. The number of nitrogens with zero attached hydrogens (tertiary/aromatic N) is 1. The van der Waals surface area contributed by atoms with Crippen LogP contribution in [0.15, 0.2) is 23.8 Å². The highest BCUT2D eigenvalue weighted by Gasteiger charge is 2.15. The summed E-state index contributed by atoms with van der Waals surface area (Å²) in [5.74, 6) is 0. The SMILES string of the molecule is CC(=Cc1ccc2c(c1)CCN2C)CNC(C)(C)C. The van der Waals surface area contributed by atoms with Gasteiger partial charge in [0.25, 0.3) is 0 Å². The van der Waals surface area contributed by atoms with Crippen LogP contribution in [0.1, 0.15) is 38.8 Å². The Morgan fingerprint density at radius 1 is 1.37 bits per heavy atom. The second-order valence-electron chi connectivity index (χ2n) is 6.65. The lowest BCUT2D eigenvalue weighted by Gasteiger charge is -2.20. The average molecular weight is 258 g/mol. The molecule has 2 heteroatoms. The minimum Gasteiger partial charge on any atom is -0.374 e. The van der Waals surface area contributed by atoms with E-state index < -0.39 is 0 Å². The van der Waals surface area contributed by atoms with Gasteiger partial charge in [-0.1, -0.05) is 17.7 Å². The number of hydrogen-bond donors (Lipinski definition) is 1. The van der Waals surface area contributed by atoms with Crippen molar-refractivity contribution in [3.05, 3.63) is 34.9 Å². The Bertz CT molecular complexity index is 481. The van der Waals surface area contributed by atoms with Gasteiger partial charge in [-0.25, -0.2) is 0 Å². The summed E-state index contributed by atoms with van der Waals surface area (Å²) in [6.07, 6.45) is 3.46. The first-order valence-corrected chi connectivity index (χ1v) is 7.11. The van der Waals surface area contributed by atoms with E-state index in [0.29, 0.717) is 0 Å². The number of nitrogens with one attached hydrogen (secondary N) is 1. The number of hydrogen-bond acceptors (Lipinski definition) is 2. The van der Waals surface area contributed by atoms with Crippen LogP contribution in [0.4, 0.5) is 5.69 Å². The third kappa shape index (κ3) is 3.84. The number of fused-ring (bicyclic) bond motifs is 1. The van der Waals surface area contributed by atoms with Crippen LogP contribution in [0.3, 0.4) is 0 Å². The topological polar surface area (TPSA) is 15.3 Å². The highest BCUT2D eigenvalue weighted by atomic mass is 15.1. The lowest BCUT2D eigenvalue weighted by Crippen LogP contribution is -2.36. The van der Waals surface area contributed by atoms with Gasteiger partial charge in [0.2, 0.25) is 0 Å². The van der Waals surface area contributed by atoms with Gasteiger partial charge in [0, 0.05) is 31.4 Å². The molecule has 0 spiro atoms. The fourth-order valence-electron chi connectivity index (χ4n) is 2.42. The van der Waals surface area contributed by atoms with Gasteiger partial charge in [0.1, 0.15) is 0 Å². The molecule has 1 aliphatic rings. The van der Waals surface area contributed by atoms with Crippen LogP contribution in [-0.4, -0.2) is 25.7 Å². The summed E-state index contributed by atoms with van der Waals surface area (Å²) < 4.78 is 0. The molecule has 0 saturated carbocycles. The van der Waals surface area contributed by atoms with Crippen molar-refractivity contribution in [3.63, 3.8) is 0 Å². The summed E-state index contributed by atoms with van der Waals surface area (Å²) in [6.45, 7) is 10.9. The van der Waals surface area contributed by atoms with Gasteiger partial charge in [-0.15, -0.1) is 0 Å². The van der Waals surface area contributed by atoms with E-state index in [-0.39, 0.29) is 5.54 Å². The lowest BCUT2D eigenvalue weighted by atomic mass is 10.1. The van der Waals surface area contributed by atoms with Crippen LogP contribution in [0.25, 0.3) is 6.08 Å². The molecule has 2 nitrogen and oxygen atoms in total. The maximum atomic E-state index is 3.52. The van der Waals surface area contributed by atoms with Crippen LogP contribution in [0, 0.1) is 0 Å². The standard InChI is InChI=1S/C17H26N2/c1-13(12-18-17(2,3)4)10-14-6-7-16-15(11-14)8-9-19(16)5/h6-7,10-11,18H,8-9,12H2,1-5H3. The van der Waals surface area contributed by atoms with E-state index in [1.807, 2.05) is 0 Å². The largest absolute Gasteiger partial charge is 0.374 e. The Morgan fingerprint density at radius 3 is 2.79 bits per heavy atom. The van der Waals surface area contributed by atoms with Gasteiger partial charge >= 0.3 is 0 Å². The first-order chi connectivity index (χ1) is 8.85. The Hall–Kier alpha value is -1.28. The maximum absolute atomic E-state index is 3.52. The molecule has 1 heterocycles. The maximum Gasteiger partial charge on any atom is 0.0397 e. The number of likely N-dealkylation sites (N-methyl/N-ethyl adjacent to an activating group) is 1. The van der Waals surface area contributed by atoms with Crippen LogP contribution in [0.5, 0.6) is 0 Å². The van der Waals surface area contributed by atoms with E-state index in [4.69, 9.17) is 0 Å². The molecule has 19 heavy (non-hydrogen) atoms. The molecule has 0 saturated heterocycles. The zero-order chi connectivity index (χ0) is 14.0. The summed E-state index contributed by atoms with van der Waals surface area (Å²) in [7, 11) is 2.17. The van der Waals surface area contributed by atoms with E-state index >= 15 is 0 Å². The van der Waals surface area contributed by atoms with E-state index in [1.54, 1.807) is 0 Å². The van der Waals surface area contributed by atoms with Gasteiger partial charge in [-0.2, -0.15) is 0 Å². The Labute approximate surface area is 117 Å². The van der Waals surface area contributed by atoms with Crippen molar-refractivity contribution in [3.8, 4) is 0 Å². The van der Waals surface area contributed by atoms with Gasteiger partial charge in [-0.05, 0) is 57.4 Å². The van der Waals surface area contributed by atoms with Gasteiger partial charge in [-0.3, -0.25) is 0 Å². The molecule has 1 N–H and O–H groups in total. The highest BCUT2D eigenvalue weighted by molar-refractivity contribution is 5.64. The molecule has 0 radical (unpaired) electrons. The zero-order valence-electron chi connectivity index (χ0n) is 12.9. The molecule has 0 atom stereocenters. The quantitative estimate of drug-likeness (QED) is 0.893. The molecule has 1 aromatic rings. The molecule has 0 amide bonds. The van der Waals surface area contributed by atoms with Crippen LogP contribution in [-0.2, 0) is 6.42 Å². The zero-order valence-corrected chi connectivity index (χ0v) is 12.9. The highest BCUT2D eigenvalue weighted by Crippen LogP contribution is 2.28. The summed E-state index contributed by atoms with van der Waals surface area (Å²) in [5.41, 5.74) is 5.74. The summed E-state index contributed by atoms with van der Waals surface area (Å²) >= 11 is 0. The summed E-state index contributed by atoms with van der Waals surface area (Å²) in [4.78, 5) is 2.33. The fraction of sp³-hybridized carbons (Fsp3) is 0.529. The Balaban J connectivity index is 2.07. The predicted octanol–water partition coefficient (Wildman–Crippen LogP) is 3.47. The molecule has 0 unspecified atom stereocenters. The van der Waals surface area contributed by atoms with Crippen molar-refractivity contribution >= 4 is 11.8 Å². The molecule has 2 rings (SSSR count). The minimum absolute atomic E-state index is 0.176. The smallest absolute Gasteiger partial charge is 0.0397 e. The van der Waals surface area contributed by atoms with Crippen LogP contribution >= 0.6 is 0 Å². The normalized spacial score (nSPS) is 15.8. The van der Waals surface area contributed by atoms with E-state index in [9.17, 15) is 0 Å². The minimum atomic E-state index is 0.176. The molecule has 0 aliphatic carbocycles. The van der Waals surface area contributed by atoms with Gasteiger partial charge in [0.15, 0.2) is 0 Å². The molecule has 0 bridgehead atoms. The lowest BCUT2D eigenvalue weighted by molar-refractivity contribution is 0.445. The molecule has 104 valence electrons. The van der Waals surface area contributed by atoms with E-state index in [2.05, 4.69) is 69.2 Å². The fourth-order valence-corrected chi connectivity index (χ4v) is 2.42.